The molecule has 0 aliphatic heterocycles. The predicted octanol–water partition coefficient (Wildman–Crippen LogP) is -2.69. The molecule has 0 atom stereocenters. The Hall–Kier alpha value is -3.12. The zero-order chi connectivity index (χ0) is 24.8. The second kappa shape index (κ2) is 13.8. The number of aromatic carboxylic acids is 2. The van der Waals surface area contributed by atoms with E-state index in [2.05, 4.69) is 0 Å². The van der Waals surface area contributed by atoms with Gasteiger partial charge in [0.15, 0.2) is 0 Å². The molecule has 2 N–H and O–H groups in total. The molecule has 3 aromatic rings. The Labute approximate surface area is 250 Å². The van der Waals surface area contributed by atoms with Crippen LogP contribution in [-0.4, -0.2) is 46.0 Å². The van der Waals surface area contributed by atoms with Crippen LogP contribution in [0.2, 0.25) is 0 Å². The number of carboxylic acids is 2. The van der Waals surface area contributed by atoms with E-state index >= 15 is 0 Å². The van der Waals surface area contributed by atoms with E-state index in [1.54, 1.807) is 0 Å². The maximum absolute atomic E-state index is 12.6. The van der Waals surface area contributed by atoms with Gasteiger partial charge in [-0.2, -0.15) is 0 Å². The molecule has 0 unspecified atom stereocenters. The van der Waals surface area contributed by atoms with Gasteiger partial charge in [-0.15, -0.1) is 0 Å². The Morgan fingerprint density at radius 1 is 0.444 bits per heavy atom. The Balaban J connectivity index is 0. The van der Waals surface area contributed by atoms with Crippen LogP contribution in [0.4, 0.5) is 0 Å². The van der Waals surface area contributed by atoms with Gasteiger partial charge >= 0.3 is 94.9 Å². The van der Waals surface area contributed by atoms with Crippen LogP contribution in [0.15, 0.2) is 72.8 Å². The summed E-state index contributed by atoms with van der Waals surface area (Å²) in [5.41, 5.74) is -2.43. The van der Waals surface area contributed by atoms with Gasteiger partial charge in [-0.3, -0.25) is 0 Å². The molecule has 3 aromatic carbocycles. The molecule has 0 heterocycles. The predicted molar refractivity (Wildman–Crippen MR) is 115 cm³/mol. The molecule has 0 aliphatic rings. The summed E-state index contributed by atoms with van der Waals surface area (Å²) in [5, 5.41) is 18.4. The van der Waals surface area contributed by atoms with Crippen molar-refractivity contribution < 1.29 is 110 Å². The van der Waals surface area contributed by atoms with Gasteiger partial charge in [0.1, 0.15) is 0 Å². The smallest absolute Gasteiger partial charge is 1.00 e. The number of carbonyl (C=O) groups is 6. The minimum atomic E-state index is -1.41. The van der Waals surface area contributed by atoms with Crippen molar-refractivity contribution in [3.8, 4) is 0 Å². The third-order valence-electron chi connectivity index (χ3n) is 4.49. The summed E-state index contributed by atoms with van der Waals surface area (Å²) < 4.78 is 9.47. The van der Waals surface area contributed by atoms with Crippen LogP contribution in [0.3, 0.4) is 0 Å². The largest absolute Gasteiger partial charge is 1.00 e. The van der Waals surface area contributed by atoms with Crippen molar-refractivity contribution in [2.45, 2.75) is 0 Å². The van der Waals surface area contributed by atoms with E-state index in [1.807, 2.05) is 0 Å². The topological polar surface area (TPSA) is 161 Å². The zero-order valence-electron chi connectivity index (χ0n) is 21.1. The third-order valence-corrected chi connectivity index (χ3v) is 4.49. The average molecular weight is 510 g/mol. The standard InChI is InChI=1S/C24H14O10.2Na.2H/c25-19(26)13-7-1-3-9-15(13)21(29)33-23(31)17-11-5-6-12-18(17)24(32)34-22(30)16-10-4-2-8-14(16)20(27)28;;;;/h1-12H,(H,25,26)(H,27,28);;;;/q;2*+1;2*-1. The molecule has 0 radical (unpaired) electrons. The molecule has 36 heavy (non-hydrogen) atoms. The first kappa shape index (κ1) is 30.9. The maximum atomic E-state index is 12.6. The van der Waals surface area contributed by atoms with Crippen LogP contribution in [-0.2, 0) is 9.47 Å². The van der Waals surface area contributed by atoms with Gasteiger partial charge < -0.3 is 22.5 Å². The quantitative estimate of drug-likeness (QED) is 0.203. The van der Waals surface area contributed by atoms with E-state index in [0.717, 1.165) is 36.4 Å². The monoisotopic (exact) mass is 510 g/mol. The van der Waals surface area contributed by atoms with E-state index in [1.165, 1.54) is 36.4 Å². The zero-order valence-corrected chi connectivity index (χ0v) is 23.1. The normalized spacial score (nSPS) is 9.56. The van der Waals surface area contributed by atoms with Crippen LogP contribution in [0.1, 0.15) is 65.0 Å². The van der Waals surface area contributed by atoms with Crippen molar-refractivity contribution in [2.75, 3.05) is 0 Å². The van der Waals surface area contributed by atoms with E-state index in [4.69, 9.17) is 9.47 Å². The Morgan fingerprint density at radius 3 is 0.861 bits per heavy atom. The van der Waals surface area contributed by atoms with E-state index in [-0.39, 0.29) is 73.1 Å². The second-order valence-electron chi connectivity index (χ2n) is 6.60. The molecule has 0 saturated heterocycles. The van der Waals surface area contributed by atoms with Crippen LogP contribution >= 0.6 is 0 Å². The number of hydrogen-bond acceptors (Lipinski definition) is 8. The number of benzene rings is 3. The summed E-state index contributed by atoms with van der Waals surface area (Å²) >= 11 is 0. The summed E-state index contributed by atoms with van der Waals surface area (Å²) in [5.74, 6) is -7.95. The van der Waals surface area contributed by atoms with Crippen molar-refractivity contribution >= 4 is 35.8 Å². The fourth-order valence-electron chi connectivity index (χ4n) is 2.92. The van der Waals surface area contributed by atoms with E-state index in [0.29, 0.717) is 0 Å². The van der Waals surface area contributed by atoms with Gasteiger partial charge in [0.25, 0.3) is 0 Å². The van der Waals surface area contributed by atoms with Crippen LogP contribution in [0.25, 0.3) is 0 Å². The second-order valence-corrected chi connectivity index (χ2v) is 6.60. The molecule has 0 spiro atoms. The van der Waals surface area contributed by atoms with E-state index < -0.39 is 58.1 Å². The number of rotatable bonds is 6. The van der Waals surface area contributed by atoms with Crippen LogP contribution in [0.5, 0.6) is 0 Å². The summed E-state index contributed by atoms with van der Waals surface area (Å²) in [7, 11) is 0. The number of esters is 4. The Bertz CT molecular complexity index is 1260. The summed E-state index contributed by atoms with van der Waals surface area (Å²) in [6, 6.07) is 15.1. The summed E-state index contributed by atoms with van der Waals surface area (Å²) in [4.78, 5) is 72.5. The molecule has 0 bridgehead atoms. The Kier molecular flexibility index (Phi) is 11.9. The fourth-order valence-corrected chi connectivity index (χ4v) is 2.92. The van der Waals surface area contributed by atoms with Gasteiger partial charge in [-0.25, -0.2) is 28.8 Å². The SMILES string of the molecule is O=C(O)c1ccccc1C(=O)OC(=O)c1ccccc1C(=O)OC(=O)c1ccccc1C(=O)O.[H-].[H-].[Na+].[Na+]. The molecule has 0 aliphatic carbocycles. The number of hydrogen-bond donors (Lipinski definition) is 2. The van der Waals surface area contributed by atoms with Gasteiger partial charge in [-0.05, 0) is 36.4 Å². The summed E-state index contributed by atoms with van der Waals surface area (Å²) in [6.07, 6.45) is 0. The van der Waals surface area contributed by atoms with Gasteiger partial charge in [-0.1, -0.05) is 36.4 Å². The molecule has 12 heteroatoms. The molecule has 3 rings (SSSR count). The van der Waals surface area contributed by atoms with Gasteiger partial charge in [0.05, 0.1) is 33.4 Å². The van der Waals surface area contributed by atoms with Gasteiger partial charge in [0, 0.05) is 0 Å². The van der Waals surface area contributed by atoms with Crippen LogP contribution < -0.4 is 59.1 Å². The van der Waals surface area contributed by atoms with Crippen molar-refractivity contribution in [1.29, 1.82) is 0 Å². The Morgan fingerprint density at radius 2 is 0.639 bits per heavy atom. The van der Waals surface area contributed by atoms with Gasteiger partial charge in [0.2, 0.25) is 0 Å². The van der Waals surface area contributed by atoms with Crippen molar-refractivity contribution in [2.24, 2.45) is 0 Å². The maximum Gasteiger partial charge on any atom is 1.00 e. The minimum Gasteiger partial charge on any atom is -1.00 e. The fraction of sp³-hybridized carbons (Fsp3) is 0. The first-order valence-corrected chi connectivity index (χ1v) is 9.47. The number of ether oxygens (including phenoxy) is 2. The first-order valence-electron chi connectivity index (χ1n) is 9.47. The van der Waals surface area contributed by atoms with Crippen molar-refractivity contribution in [3.63, 3.8) is 0 Å². The molecule has 0 aromatic heterocycles. The average Bonchev–Trinajstić information content (AvgIpc) is 2.83. The first-order chi connectivity index (χ1) is 16.2. The van der Waals surface area contributed by atoms with Crippen molar-refractivity contribution in [1.82, 2.24) is 0 Å². The number of carboxylic acid groups (broad SMARTS) is 2. The van der Waals surface area contributed by atoms with Crippen LogP contribution in [0, 0.1) is 0 Å². The van der Waals surface area contributed by atoms with Crippen molar-refractivity contribution in [3.05, 3.63) is 106 Å². The molecular weight excluding hydrogens is 494 g/mol. The molecule has 0 saturated carbocycles. The molecule has 0 amide bonds. The minimum absolute atomic E-state index is 0. The molecule has 0 fully saturated rings. The molecule has 174 valence electrons. The van der Waals surface area contributed by atoms with E-state index in [9.17, 15) is 39.0 Å². The molecule has 10 nitrogen and oxygen atoms in total. The third kappa shape index (κ3) is 7.20. The molecular formula is C24H16Na2O10. The number of carbonyl (C=O) groups excluding carboxylic acids is 4. The summed E-state index contributed by atoms with van der Waals surface area (Å²) in [6.45, 7) is 0.